The maximum Gasteiger partial charge on any atom is 0.254 e. The van der Waals surface area contributed by atoms with Gasteiger partial charge in [-0.25, -0.2) is 0 Å². The van der Waals surface area contributed by atoms with Crippen molar-refractivity contribution in [3.05, 3.63) is 71.0 Å². The minimum Gasteiger partial charge on any atom is -0.496 e. The summed E-state index contributed by atoms with van der Waals surface area (Å²) in [5, 5.41) is 7.29. The van der Waals surface area contributed by atoms with Crippen LogP contribution in [0, 0.1) is 0 Å². The van der Waals surface area contributed by atoms with Gasteiger partial charge in [0.2, 0.25) is 0 Å². The molecule has 0 bridgehead atoms. The second-order valence-corrected chi connectivity index (χ2v) is 8.64. The van der Waals surface area contributed by atoms with Crippen LogP contribution in [0.5, 0.6) is 5.75 Å². The van der Waals surface area contributed by atoms with Gasteiger partial charge < -0.3 is 9.64 Å². The Balaban J connectivity index is 1.41. The summed E-state index contributed by atoms with van der Waals surface area (Å²) < 4.78 is 5.62. The summed E-state index contributed by atoms with van der Waals surface area (Å²) in [6.07, 6.45) is 7.93. The number of nitrogens with one attached hydrogen (secondary N) is 1. The molecule has 3 aromatic rings. The molecule has 1 atom stereocenters. The average Bonchev–Trinajstić information content (AvgIpc) is 3.54. The fourth-order valence-electron chi connectivity index (χ4n) is 4.91. The van der Waals surface area contributed by atoms with Crippen LogP contribution in [0.2, 0.25) is 0 Å². The van der Waals surface area contributed by atoms with E-state index in [2.05, 4.69) is 40.2 Å². The molecule has 1 heterocycles. The topological polar surface area (TPSA) is 58.2 Å². The van der Waals surface area contributed by atoms with E-state index in [4.69, 9.17) is 4.74 Å². The Morgan fingerprint density at radius 1 is 1.13 bits per heavy atom. The van der Waals surface area contributed by atoms with Crippen LogP contribution in [0.25, 0.3) is 11.1 Å². The second-order valence-electron chi connectivity index (χ2n) is 8.64. The molecule has 1 unspecified atom stereocenters. The van der Waals surface area contributed by atoms with Crippen molar-refractivity contribution in [2.24, 2.45) is 0 Å². The molecule has 0 spiro atoms. The van der Waals surface area contributed by atoms with Crippen molar-refractivity contribution in [1.29, 1.82) is 0 Å². The molecule has 5 nitrogen and oxygen atoms in total. The first kappa shape index (κ1) is 19.9. The van der Waals surface area contributed by atoms with Crippen LogP contribution in [-0.2, 0) is 19.3 Å². The molecule has 31 heavy (non-hydrogen) atoms. The normalized spacial score (nSPS) is 17.8. The number of benzene rings is 2. The number of hydrogen-bond donors (Lipinski definition) is 1. The Hall–Kier alpha value is -3.08. The Labute approximate surface area is 183 Å². The largest absolute Gasteiger partial charge is 0.496 e. The molecule has 1 saturated carbocycles. The summed E-state index contributed by atoms with van der Waals surface area (Å²) in [5.74, 6) is 1.03. The average molecular weight is 416 g/mol. The highest BCUT2D eigenvalue weighted by atomic mass is 16.5. The maximum atomic E-state index is 13.5. The third-order valence-corrected chi connectivity index (χ3v) is 6.69. The van der Waals surface area contributed by atoms with E-state index in [1.807, 2.05) is 30.5 Å². The summed E-state index contributed by atoms with van der Waals surface area (Å²) in [6, 6.07) is 14.9. The van der Waals surface area contributed by atoms with E-state index in [-0.39, 0.29) is 11.9 Å². The van der Waals surface area contributed by atoms with E-state index in [9.17, 15) is 4.79 Å². The molecule has 0 aliphatic heterocycles. The molecule has 160 valence electrons. The number of nitrogens with zero attached hydrogens (tertiary/aromatic N) is 2. The predicted octanol–water partition coefficient (Wildman–Crippen LogP) is 4.81. The van der Waals surface area contributed by atoms with Gasteiger partial charge in [-0.1, -0.05) is 31.2 Å². The highest BCUT2D eigenvalue weighted by Gasteiger charge is 2.39. The van der Waals surface area contributed by atoms with Gasteiger partial charge >= 0.3 is 0 Å². The monoisotopic (exact) mass is 415 g/mol. The van der Waals surface area contributed by atoms with Crippen LogP contribution in [-0.4, -0.2) is 40.2 Å². The molecule has 1 amide bonds. The van der Waals surface area contributed by atoms with Gasteiger partial charge in [0.1, 0.15) is 5.75 Å². The van der Waals surface area contributed by atoms with Crippen molar-refractivity contribution < 1.29 is 9.53 Å². The van der Waals surface area contributed by atoms with Gasteiger partial charge in [0, 0.05) is 28.9 Å². The molecule has 5 rings (SSSR count). The fraction of sp³-hybridized carbons (Fsp3) is 0.385. The van der Waals surface area contributed by atoms with E-state index < -0.39 is 0 Å². The number of aromatic amines is 1. The lowest BCUT2D eigenvalue weighted by Gasteiger charge is -2.34. The van der Waals surface area contributed by atoms with Gasteiger partial charge in [0.05, 0.1) is 13.3 Å². The lowest BCUT2D eigenvalue weighted by molar-refractivity contribution is 0.0643. The van der Waals surface area contributed by atoms with Crippen molar-refractivity contribution in [3.8, 4) is 16.9 Å². The zero-order valence-corrected chi connectivity index (χ0v) is 18.2. The first-order chi connectivity index (χ1) is 15.2. The van der Waals surface area contributed by atoms with Gasteiger partial charge in [-0.05, 0) is 73.4 Å². The number of ether oxygens (including phenoxy) is 1. The number of amides is 1. The number of aromatic nitrogens is 2. The third kappa shape index (κ3) is 3.73. The number of carbonyl (C=O) groups excluding carboxylic acids is 1. The van der Waals surface area contributed by atoms with Crippen LogP contribution in [0.4, 0.5) is 0 Å². The number of rotatable bonds is 6. The summed E-state index contributed by atoms with van der Waals surface area (Å²) >= 11 is 0. The van der Waals surface area contributed by atoms with E-state index >= 15 is 0 Å². The summed E-state index contributed by atoms with van der Waals surface area (Å²) in [5.41, 5.74) is 6.70. The highest BCUT2D eigenvalue weighted by molar-refractivity contribution is 5.95. The van der Waals surface area contributed by atoms with Crippen molar-refractivity contribution in [1.82, 2.24) is 15.1 Å². The first-order valence-corrected chi connectivity index (χ1v) is 11.3. The number of hydrogen-bond acceptors (Lipinski definition) is 3. The van der Waals surface area contributed by atoms with E-state index in [1.165, 1.54) is 16.8 Å². The summed E-state index contributed by atoms with van der Waals surface area (Å²) in [4.78, 5) is 15.7. The van der Waals surface area contributed by atoms with Crippen molar-refractivity contribution >= 4 is 5.91 Å². The number of methoxy groups -OCH3 is 1. The van der Waals surface area contributed by atoms with Gasteiger partial charge in [-0.2, -0.15) is 5.10 Å². The van der Waals surface area contributed by atoms with Crippen LogP contribution in [0.15, 0.2) is 48.7 Å². The molecule has 5 heteroatoms. The molecule has 1 aromatic heterocycles. The molecule has 2 aliphatic carbocycles. The van der Waals surface area contributed by atoms with Gasteiger partial charge in [0.25, 0.3) is 5.91 Å². The SMILES string of the molecule is CCc1cccc(OC)c1-c1ccc(C(=O)N(C2CC2)C2CCc3[nH]ncc3C2)cc1. The minimum atomic E-state index is 0.154. The maximum absolute atomic E-state index is 13.5. The molecular formula is C26H29N3O2. The molecule has 2 aliphatic rings. The Bertz CT molecular complexity index is 1060. The van der Waals surface area contributed by atoms with Crippen molar-refractivity contribution in [2.45, 2.75) is 57.5 Å². The lowest BCUT2D eigenvalue weighted by Crippen LogP contribution is -2.44. The molecule has 0 saturated heterocycles. The molecule has 0 radical (unpaired) electrons. The van der Waals surface area contributed by atoms with Crippen LogP contribution in [0.1, 0.15) is 53.4 Å². The van der Waals surface area contributed by atoms with E-state index in [0.29, 0.717) is 6.04 Å². The van der Waals surface area contributed by atoms with Gasteiger partial charge in [-0.15, -0.1) is 0 Å². The molecular weight excluding hydrogens is 386 g/mol. The van der Waals surface area contributed by atoms with E-state index in [1.54, 1.807) is 7.11 Å². The zero-order valence-electron chi connectivity index (χ0n) is 18.2. The van der Waals surface area contributed by atoms with Gasteiger partial charge in [0.15, 0.2) is 0 Å². The van der Waals surface area contributed by atoms with Crippen LogP contribution in [0.3, 0.4) is 0 Å². The number of fused-ring (bicyclic) bond motifs is 1. The molecule has 1 N–H and O–H groups in total. The Kier molecular flexibility index (Phi) is 5.26. The number of carbonyl (C=O) groups is 1. The highest BCUT2D eigenvalue weighted by Crippen LogP contribution is 2.36. The third-order valence-electron chi connectivity index (χ3n) is 6.69. The Morgan fingerprint density at radius 3 is 2.65 bits per heavy atom. The quantitative estimate of drug-likeness (QED) is 0.629. The standard InChI is InChI=1S/C26H29N3O2/c1-3-17-5-4-6-24(31-2)25(17)18-7-9-19(10-8-18)26(30)29(21-11-12-21)22-13-14-23-20(15-22)16-27-28-23/h4-10,16,21-22H,3,11-15H2,1-2H3,(H,27,28). The Morgan fingerprint density at radius 2 is 1.94 bits per heavy atom. The lowest BCUT2D eigenvalue weighted by atomic mass is 9.91. The van der Waals surface area contributed by atoms with Crippen LogP contribution < -0.4 is 4.74 Å². The number of H-pyrrole nitrogens is 1. The van der Waals surface area contributed by atoms with E-state index in [0.717, 1.165) is 61.0 Å². The minimum absolute atomic E-state index is 0.154. The van der Waals surface area contributed by atoms with Crippen molar-refractivity contribution in [2.75, 3.05) is 7.11 Å². The molecule has 2 aromatic carbocycles. The summed E-state index contributed by atoms with van der Waals surface area (Å²) in [6.45, 7) is 2.15. The van der Waals surface area contributed by atoms with Crippen LogP contribution >= 0.6 is 0 Å². The molecule has 1 fully saturated rings. The van der Waals surface area contributed by atoms with Gasteiger partial charge in [-0.3, -0.25) is 9.89 Å². The zero-order chi connectivity index (χ0) is 21.4. The second kappa shape index (κ2) is 8.22. The fourth-order valence-corrected chi connectivity index (χ4v) is 4.91. The first-order valence-electron chi connectivity index (χ1n) is 11.3. The predicted molar refractivity (Wildman–Crippen MR) is 121 cm³/mol. The smallest absolute Gasteiger partial charge is 0.254 e. The summed E-state index contributed by atoms with van der Waals surface area (Å²) in [7, 11) is 1.71. The number of aryl methyl sites for hydroxylation is 2. The van der Waals surface area contributed by atoms with Crippen molar-refractivity contribution in [3.63, 3.8) is 0 Å².